The molecule has 117 valence electrons. The number of amides is 3. The van der Waals surface area contributed by atoms with Gasteiger partial charge < -0.3 is 10.2 Å². The Morgan fingerprint density at radius 2 is 2.09 bits per heavy atom. The van der Waals surface area contributed by atoms with Gasteiger partial charge in [-0.05, 0) is 17.5 Å². The molecule has 1 aromatic carbocycles. The van der Waals surface area contributed by atoms with E-state index < -0.39 is 6.03 Å². The Labute approximate surface area is 140 Å². The van der Waals surface area contributed by atoms with E-state index in [2.05, 4.69) is 15.5 Å². The fraction of sp³-hybridized carbons (Fsp3) is 0.357. The molecule has 2 heterocycles. The van der Waals surface area contributed by atoms with Gasteiger partial charge in [-0.2, -0.15) is 0 Å². The molecule has 8 heteroatoms. The molecule has 0 spiro atoms. The summed E-state index contributed by atoms with van der Waals surface area (Å²) in [4.78, 5) is 24.3. The van der Waals surface area contributed by atoms with Gasteiger partial charge in [0.1, 0.15) is 11.6 Å². The van der Waals surface area contributed by atoms with Crippen molar-refractivity contribution in [3.8, 4) is 0 Å². The summed E-state index contributed by atoms with van der Waals surface area (Å²) >= 11 is 0. The maximum atomic E-state index is 14.1. The SMILES string of the molecule is CC(C)c1cc2[n-]nc(N3CCC(=O)NC3=O)c2cc1F.[Re]. The van der Waals surface area contributed by atoms with E-state index in [1.165, 1.54) is 11.0 Å². The number of rotatable bonds is 2. The zero-order valence-electron chi connectivity index (χ0n) is 12.1. The van der Waals surface area contributed by atoms with Crippen LogP contribution in [-0.4, -0.2) is 23.6 Å². The van der Waals surface area contributed by atoms with Crippen LogP contribution in [-0.2, 0) is 25.2 Å². The standard InChI is InChI=1S/C14H15FN4O2.Re/c1-7(2)8-6-11-9(5-10(8)15)13(18-17-11)19-4-3-12(20)16-14(19)21;/h5-7H,3-4H2,1-2H3,(H2,16,17,18,20,21);/p-1. The van der Waals surface area contributed by atoms with Crippen molar-refractivity contribution in [2.75, 3.05) is 11.4 Å². The van der Waals surface area contributed by atoms with Crippen LogP contribution >= 0.6 is 0 Å². The average Bonchev–Trinajstić information content (AvgIpc) is 2.80. The minimum absolute atomic E-state index is 0. The molecule has 0 unspecified atom stereocenters. The summed E-state index contributed by atoms with van der Waals surface area (Å²) in [5, 5.41) is 10.7. The fourth-order valence-electron chi connectivity index (χ4n) is 2.40. The van der Waals surface area contributed by atoms with Crippen molar-refractivity contribution in [1.29, 1.82) is 0 Å². The number of hydrogen-bond acceptors (Lipinski definition) is 3. The van der Waals surface area contributed by atoms with Gasteiger partial charge >= 0.3 is 6.03 Å². The molecule has 1 fully saturated rings. The summed E-state index contributed by atoms with van der Waals surface area (Å²) < 4.78 is 14.1. The fourth-order valence-corrected chi connectivity index (χ4v) is 2.40. The zero-order chi connectivity index (χ0) is 15.1. The van der Waals surface area contributed by atoms with Crippen molar-refractivity contribution < 1.29 is 34.4 Å². The molecule has 0 atom stereocenters. The number of imide groups is 1. The Hall–Kier alpha value is -1.78. The summed E-state index contributed by atoms with van der Waals surface area (Å²) in [6.45, 7) is 4.00. The van der Waals surface area contributed by atoms with Gasteiger partial charge in [0.05, 0.1) is 0 Å². The third-order valence-corrected chi connectivity index (χ3v) is 3.54. The van der Waals surface area contributed by atoms with Crippen molar-refractivity contribution in [2.24, 2.45) is 0 Å². The molecule has 1 saturated heterocycles. The number of carbonyl (C=O) groups is 2. The van der Waals surface area contributed by atoms with Gasteiger partial charge in [-0.1, -0.05) is 19.9 Å². The predicted molar refractivity (Wildman–Crippen MR) is 74.6 cm³/mol. The van der Waals surface area contributed by atoms with Crippen LogP contribution in [0.2, 0.25) is 0 Å². The number of hydrogen-bond donors (Lipinski definition) is 1. The van der Waals surface area contributed by atoms with Crippen molar-refractivity contribution >= 4 is 28.7 Å². The van der Waals surface area contributed by atoms with Crippen LogP contribution in [0.1, 0.15) is 31.7 Å². The van der Waals surface area contributed by atoms with Crippen molar-refractivity contribution in [1.82, 2.24) is 15.5 Å². The summed E-state index contributed by atoms with van der Waals surface area (Å²) in [7, 11) is 0. The number of fused-ring (bicyclic) bond motifs is 1. The first-order valence-corrected chi connectivity index (χ1v) is 6.71. The first-order chi connectivity index (χ1) is 9.97. The van der Waals surface area contributed by atoms with Gasteiger partial charge in [-0.3, -0.25) is 15.0 Å². The number of nitrogens with zero attached hydrogens (tertiary/aromatic N) is 3. The van der Waals surface area contributed by atoms with Crippen LogP contribution in [0.3, 0.4) is 0 Å². The number of urea groups is 1. The second-order valence-corrected chi connectivity index (χ2v) is 5.32. The summed E-state index contributed by atoms with van der Waals surface area (Å²) in [5.74, 6) is -0.356. The molecule has 0 bridgehead atoms. The Bertz CT molecular complexity index is 744. The minimum Gasteiger partial charge on any atom is -0.573 e. The normalized spacial score (nSPS) is 15.2. The Balaban J connectivity index is 0.00000176. The number of carbonyl (C=O) groups excluding carboxylic acids is 2. The maximum Gasteiger partial charge on any atom is 0.329 e. The van der Waals surface area contributed by atoms with Crippen molar-refractivity contribution in [2.45, 2.75) is 26.2 Å². The van der Waals surface area contributed by atoms with E-state index in [9.17, 15) is 14.0 Å². The molecule has 0 saturated carbocycles. The van der Waals surface area contributed by atoms with E-state index in [-0.39, 0.29) is 56.8 Å². The van der Waals surface area contributed by atoms with Crippen molar-refractivity contribution in [3.63, 3.8) is 0 Å². The van der Waals surface area contributed by atoms with Crippen LogP contribution in [0.5, 0.6) is 0 Å². The molecule has 1 aliphatic rings. The Morgan fingerprint density at radius 3 is 2.73 bits per heavy atom. The third-order valence-electron chi connectivity index (χ3n) is 3.54. The van der Waals surface area contributed by atoms with E-state index in [4.69, 9.17) is 0 Å². The molecular weight excluding hydrogens is 461 g/mol. The van der Waals surface area contributed by atoms with Crippen LogP contribution in [0.4, 0.5) is 15.0 Å². The van der Waals surface area contributed by atoms with Crippen molar-refractivity contribution in [3.05, 3.63) is 23.5 Å². The second kappa shape index (κ2) is 6.15. The van der Waals surface area contributed by atoms with Crippen LogP contribution < -0.4 is 15.3 Å². The minimum atomic E-state index is -0.554. The zero-order valence-corrected chi connectivity index (χ0v) is 14.8. The molecule has 1 aliphatic heterocycles. The van der Waals surface area contributed by atoms with E-state index >= 15 is 0 Å². The van der Waals surface area contributed by atoms with Gasteiger partial charge in [0.25, 0.3) is 0 Å². The summed E-state index contributed by atoms with van der Waals surface area (Å²) in [5.41, 5.74) is 1.10. The van der Waals surface area contributed by atoms with Gasteiger partial charge in [-0.15, -0.1) is 5.52 Å². The molecular formula is C14H14FN4O2Re-. The number of aromatic nitrogens is 2. The molecule has 0 aliphatic carbocycles. The summed E-state index contributed by atoms with van der Waals surface area (Å²) in [6.07, 6.45) is 0.187. The maximum absolute atomic E-state index is 14.1. The topological polar surface area (TPSA) is 76.4 Å². The quantitative estimate of drug-likeness (QED) is 0.720. The molecule has 6 nitrogen and oxygen atoms in total. The van der Waals surface area contributed by atoms with Gasteiger partial charge in [-0.25, -0.2) is 9.18 Å². The van der Waals surface area contributed by atoms with E-state index in [0.717, 1.165) is 0 Å². The molecule has 1 aromatic heterocycles. The molecule has 1 radical (unpaired) electrons. The number of halogens is 1. The monoisotopic (exact) mass is 476 g/mol. The van der Waals surface area contributed by atoms with Gasteiger partial charge in [0.15, 0.2) is 0 Å². The van der Waals surface area contributed by atoms with Crippen LogP contribution in [0.15, 0.2) is 12.1 Å². The van der Waals surface area contributed by atoms with E-state index in [0.29, 0.717) is 16.5 Å². The first-order valence-electron chi connectivity index (χ1n) is 6.71. The smallest absolute Gasteiger partial charge is 0.329 e. The largest absolute Gasteiger partial charge is 0.573 e. The molecule has 1 N–H and O–H groups in total. The Kier molecular flexibility index (Phi) is 4.64. The number of nitrogens with one attached hydrogen (secondary N) is 1. The van der Waals surface area contributed by atoms with E-state index in [1.54, 1.807) is 6.07 Å². The Morgan fingerprint density at radius 1 is 1.36 bits per heavy atom. The number of benzene rings is 1. The molecule has 22 heavy (non-hydrogen) atoms. The third kappa shape index (κ3) is 2.76. The van der Waals surface area contributed by atoms with Gasteiger partial charge in [0.2, 0.25) is 5.91 Å². The first kappa shape index (κ1) is 16.6. The molecule has 3 amide bonds. The number of anilines is 1. The summed E-state index contributed by atoms with van der Waals surface area (Å²) in [6, 6.07) is 2.45. The van der Waals surface area contributed by atoms with Gasteiger partial charge in [0, 0.05) is 38.8 Å². The molecule has 2 aromatic rings. The average molecular weight is 475 g/mol. The van der Waals surface area contributed by atoms with E-state index in [1.807, 2.05) is 13.8 Å². The van der Waals surface area contributed by atoms with Crippen LogP contribution in [0, 0.1) is 5.82 Å². The predicted octanol–water partition coefficient (Wildman–Crippen LogP) is 1.90. The second-order valence-electron chi connectivity index (χ2n) is 5.32. The molecule has 3 rings (SSSR count). The van der Waals surface area contributed by atoms with Crippen LogP contribution in [0.25, 0.3) is 10.9 Å².